The Balaban J connectivity index is 3.25. The molecule has 20 heavy (non-hydrogen) atoms. The molecule has 0 heterocycles. The van der Waals surface area contributed by atoms with Gasteiger partial charge in [-0.05, 0) is 44.5 Å². The zero-order valence-corrected chi connectivity index (χ0v) is 13.3. The molecular weight excluding hydrogens is 304 g/mol. The largest absolute Gasteiger partial charge is 0.456 e. The lowest BCUT2D eigenvalue weighted by Crippen LogP contribution is -2.24. The molecule has 0 fully saturated rings. The maximum atomic E-state index is 12.0. The number of hydrogen-bond donors (Lipinski definition) is 0. The highest BCUT2D eigenvalue weighted by molar-refractivity contribution is 8.13. The van der Waals surface area contributed by atoms with Crippen LogP contribution in [0.25, 0.3) is 0 Å². The van der Waals surface area contributed by atoms with E-state index in [1.165, 1.54) is 25.3 Å². The van der Waals surface area contributed by atoms with E-state index >= 15 is 0 Å². The second-order valence-corrected chi connectivity index (χ2v) is 7.80. The van der Waals surface area contributed by atoms with Gasteiger partial charge in [0.1, 0.15) is 5.60 Å². The zero-order chi connectivity index (χ0) is 15.6. The molecule has 0 amide bonds. The van der Waals surface area contributed by atoms with Crippen molar-refractivity contribution >= 4 is 25.7 Å². The lowest BCUT2D eigenvalue weighted by molar-refractivity contribution is 0.00690. The van der Waals surface area contributed by atoms with Gasteiger partial charge in [0.2, 0.25) is 0 Å². The van der Waals surface area contributed by atoms with E-state index in [1.807, 2.05) is 0 Å². The SMILES string of the molecule is COCc1cc(C(=O)OC(C)(C)C)cc(S(=O)(=O)Cl)c1. The van der Waals surface area contributed by atoms with Crippen LogP contribution in [-0.2, 0) is 25.1 Å². The van der Waals surface area contributed by atoms with E-state index in [0.29, 0.717) is 5.56 Å². The van der Waals surface area contributed by atoms with Crippen LogP contribution in [0.1, 0.15) is 36.7 Å². The highest BCUT2D eigenvalue weighted by Gasteiger charge is 2.21. The van der Waals surface area contributed by atoms with Gasteiger partial charge in [-0.1, -0.05) is 0 Å². The molecule has 1 rings (SSSR count). The van der Waals surface area contributed by atoms with Crippen molar-refractivity contribution in [1.29, 1.82) is 0 Å². The topological polar surface area (TPSA) is 69.7 Å². The van der Waals surface area contributed by atoms with E-state index in [4.69, 9.17) is 20.2 Å². The first-order valence-electron chi connectivity index (χ1n) is 5.84. The van der Waals surface area contributed by atoms with Gasteiger partial charge >= 0.3 is 5.97 Å². The minimum absolute atomic E-state index is 0.119. The Bertz CT molecular complexity index is 602. The van der Waals surface area contributed by atoms with E-state index < -0.39 is 20.6 Å². The summed E-state index contributed by atoms with van der Waals surface area (Å²) in [6.07, 6.45) is 0. The summed E-state index contributed by atoms with van der Waals surface area (Å²) >= 11 is 0. The molecule has 0 aliphatic carbocycles. The molecule has 0 spiro atoms. The molecular formula is C13H17ClO5S. The van der Waals surface area contributed by atoms with Crippen LogP contribution in [0.3, 0.4) is 0 Å². The van der Waals surface area contributed by atoms with Crippen molar-refractivity contribution in [3.63, 3.8) is 0 Å². The fourth-order valence-corrected chi connectivity index (χ4v) is 2.33. The maximum absolute atomic E-state index is 12.0. The standard InChI is InChI=1S/C13H17ClO5S/c1-13(2,3)19-12(15)10-5-9(8-18-4)6-11(7-10)20(14,16)17/h5-7H,8H2,1-4H3. The number of ether oxygens (including phenoxy) is 2. The quantitative estimate of drug-likeness (QED) is 0.630. The number of esters is 1. The summed E-state index contributed by atoms with van der Waals surface area (Å²) in [5.74, 6) is -0.614. The molecule has 0 aliphatic rings. The van der Waals surface area contributed by atoms with Gasteiger partial charge in [0.15, 0.2) is 0 Å². The van der Waals surface area contributed by atoms with Gasteiger partial charge in [0, 0.05) is 17.8 Å². The molecule has 112 valence electrons. The van der Waals surface area contributed by atoms with Crippen LogP contribution in [0.4, 0.5) is 0 Å². The third kappa shape index (κ3) is 5.11. The number of methoxy groups -OCH3 is 1. The fraction of sp³-hybridized carbons (Fsp3) is 0.462. The first-order valence-corrected chi connectivity index (χ1v) is 8.15. The molecule has 0 saturated heterocycles. The Labute approximate surface area is 123 Å². The molecule has 0 unspecified atom stereocenters. The number of carbonyl (C=O) groups excluding carboxylic acids is 1. The Morgan fingerprint density at radius 3 is 2.30 bits per heavy atom. The van der Waals surface area contributed by atoms with E-state index in [0.717, 1.165) is 0 Å². The van der Waals surface area contributed by atoms with Crippen LogP contribution in [0.5, 0.6) is 0 Å². The lowest BCUT2D eigenvalue weighted by Gasteiger charge is -2.19. The molecule has 0 aliphatic heterocycles. The van der Waals surface area contributed by atoms with Crippen LogP contribution >= 0.6 is 10.7 Å². The smallest absolute Gasteiger partial charge is 0.338 e. The average Bonchev–Trinajstić information content (AvgIpc) is 2.25. The maximum Gasteiger partial charge on any atom is 0.338 e. The number of benzene rings is 1. The monoisotopic (exact) mass is 320 g/mol. The summed E-state index contributed by atoms with van der Waals surface area (Å²) in [6.45, 7) is 5.34. The third-order valence-corrected chi connectivity index (χ3v) is 3.53. The van der Waals surface area contributed by atoms with Gasteiger partial charge in [-0.2, -0.15) is 0 Å². The van der Waals surface area contributed by atoms with E-state index in [1.54, 1.807) is 20.8 Å². The molecule has 0 aromatic heterocycles. The van der Waals surface area contributed by atoms with Crippen molar-refractivity contribution in [2.75, 3.05) is 7.11 Å². The van der Waals surface area contributed by atoms with Gasteiger partial charge in [0.05, 0.1) is 17.1 Å². The summed E-state index contributed by atoms with van der Waals surface area (Å²) in [5.41, 5.74) is -0.0299. The molecule has 0 saturated carbocycles. The summed E-state index contributed by atoms with van der Waals surface area (Å²) in [6, 6.07) is 4.07. The third-order valence-electron chi connectivity index (χ3n) is 2.19. The molecule has 1 aromatic rings. The van der Waals surface area contributed by atoms with Crippen molar-refractivity contribution in [1.82, 2.24) is 0 Å². The van der Waals surface area contributed by atoms with Gasteiger partial charge in [-0.25, -0.2) is 13.2 Å². The molecule has 7 heteroatoms. The summed E-state index contributed by atoms with van der Waals surface area (Å²) < 4.78 is 33.0. The van der Waals surface area contributed by atoms with E-state index in [-0.39, 0.29) is 17.1 Å². The van der Waals surface area contributed by atoms with E-state index in [9.17, 15) is 13.2 Å². The molecule has 0 atom stereocenters. The number of hydrogen-bond acceptors (Lipinski definition) is 5. The lowest BCUT2D eigenvalue weighted by atomic mass is 10.1. The van der Waals surface area contributed by atoms with Crippen molar-refractivity contribution in [2.24, 2.45) is 0 Å². The predicted octanol–water partition coefficient (Wildman–Crippen LogP) is 2.72. The normalized spacial score (nSPS) is 12.2. The first-order chi connectivity index (χ1) is 9.03. The van der Waals surface area contributed by atoms with Crippen molar-refractivity contribution in [3.8, 4) is 0 Å². The molecule has 0 bridgehead atoms. The van der Waals surface area contributed by atoms with Gasteiger partial charge in [-0.3, -0.25) is 0 Å². The van der Waals surface area contributed by atoms with E-state index in [2.05, 4.69) is 0 Å². The zero-order valence-electron chi connectivity index (χ0n) is 11.8. The van der Waals surface area contributed by atoms with Gasteiger partial charge in [0.25, 0.3) is 9.05 Å². The summed E-state index contributed by atoms with van der Waals surface area (Å²) in [5, 5.41) is 0. The van der Waals surface area contributed by atoms with Crippen molar-refractivity contribution in [2.45, 2.75) is 37.9 Å². The van der Waals surface area contributed by atoms with Crippen LogP contribution in [-0.4, -0.2) is 27.1 Å². The molecule has 0 radical (unpaired) electrons. The van der Waals surface area contributed by atoms with Crippen LogP contribution in [0, 0.1) is 0 Å². The van der Waals surface area contributed by atoms with Crippen LogP contribution in [0.2, 0.25) is 0 Å². The summed E-state index contributed by atoms with van der Waals surface area (Å²) in [7, 11) is 2.85. The predicted molar refractivity (Wildman–Crippen MR) is 75.4 cm³/mol. The minimum Gasteiger partial charge on any atom is -0.456 e. The Morgan fingerprint density at radius 1 is 1.25 bits per heavy atom. The van der Waals surface area contributed by atoms with Crippen LogP contribution in [0.15, 0.2) is 23.1 Å². The van der Waals surface area contributed by atoms with Crippen molar-refractivity contribution < 1.29 is 22.7 Å². The Kier molecular flexibility index (Phi) is 5.18. The van der Waals surface area contributed by atoms with Gasteiger partial charge < -0.3 is 9.47 Å². The summed E-state index contributed by atoms with van der Waals surface area (Å²) in [4.78, 5) is 11.8. The number of rotatable bonds is 4. The fourth-order valence-electron chi connectivity index (χ4n) is 1.51. The first kappa shape index (κ1) is 16.9. The minimum atomic E-state index is -3.93. The van der Waals surface area contributed by atoms with Crippen LogP contribution < -0.4 is 0 Å². The average molecular weight is 321 g/mol. The van der Waals surface area contributed by atoms with Gasteiger partial charge in [-0.15, -0.1) is 0 Å². The Hall–Kier alpha value is -1.11. The molecule has 1 aromatic carbocycles. The number of carbonyl (C=O) groups is 1. The highest BCUT2D eigenvalue weighted by atomic mass is 35.7. The van der Waals surface area contributed by atoms with Crippen molar-refractivity contribution in [3.05, 3.63) is 29.3 Å². The Morgan fingerprint density at radius 2 is 1.85 bits per heavy atom. The highest BCUT2D eigenvalue weighted by Crippen LogP contribution is 2.21. The molecule has 0 N–H and O–H groups in total. The number of halogens is 1. The second-order valence-electron chi connectivity index (χ2n) is 5.24. The second kappa shape index (κ2) is 6.11. The molecule has 5 nitrogen and oxygen atoms in total.